The number of nitrogens with one attached hydrogen (secondary N) is 1. The summed E-state index contributed by atoms with van der Waals surface area (Å²) in [6.45, 7) is 3.86. The number of rotatable bonds is 5. The van der Waals surface area contributed by atoms with Gasteiger partial charge in [-0.05, 0) is 41.8 Å². The van der Waals surface area contributed by atoms with Gasteiger partial charge in [0, 0.05) is 38.9 Å². The minimum absolute atomic E-state index is 0.157. The average Bonchev–Trinajstić information content (AvgIpc) is 3.11. The SMILES string of the molecule is CN=C(NCc1ccnc(Oc2ccc(F)cc2)c1)N1CC(C)C(C(=O)OC)C1. The van der Waals surface area contributed by atoms with Crippen LogP contribution in [0.4, 0.5) is 4.39 Å². The van der Waals surface area contributed by atoms with E-state index in [1.54, 1.807) is 25.4 Å². The third kappa shape index (κ3) is 5.22. The van der Waals surface area contributed by atoms with Crippen LogP contribution in [0, 0.1) is 17.7 Å². The molecule has 0 radical (unpaired) electrons. The Morgan fingerprint density at radius 2 is 2.07 bits per heavy atom. The number of guanidine groups is 1. The number of hydrogen-bond donors (Lipinski definition) is 1. The lowest BCUT2D eigenvalue weighted by Gasteiger charge is -2.21. The third-order valence-electron chi connectivity index (χ3n) is 4.91. The van der Waals surface area contributed by atoms with Crippen LogP contribution in [0.1, 0.15) is 12.5 Å². The summed E-state index contributed by atoms with van der Waals surface area (Å²) in [4.78, 5) is 22.5. The van der Waals surface area contributed by atoms with Gasteiger partial charge in [-0.25, -0.2) is 9.37 Å². The molecule has 0 aliphatic carbocycles. The quantitative estimate of drug-likeness (QED) is 0.473. The summed E-state index contributed by atoms with van der Waals surface area (Å²) >= 11 is 0. The number of halogens is 1. The van der Waals surface area contributed by atoms with E-state index in [1.165, 1.54) is 19.2 Å². The topological polar surface area (TPSA) is 76.1 Å². The van der Waals surface area contributed by atoms with Crippen molar-refractivity contribution in [1.29, 1.82) is 0 Å². The minimum Gasteiger partial charge on any atom is -0.469 e. The van der Waals surface area contributed by atoms with Crippen molar-refractivity contribution in [3.05, 3.63) is 54.0 Å². The number of carbonyl (C=O) groups is 1. The van der Waals surface area contributed by atoms with E-state index in [-0.39, 0.29) is 23.6 Å². The van der Waals surface area contributed by atoms with Crippen molar-refractivity contribution in [3.63, 3.8) is 0 Å². The first-order valence-corrected chi connectivity index (χ1v) is 9.42. The lowest BCUT2D eigenvalue weighted by atomic mass is 9.99. The van der Waals surface area contributed by atoms with E-state index in [1.807, 2.05) is 19.1 Å². The number of ether oxygens (including phenoxy) is 2. The number of nitrogens with zero attached hydrogens (tertiary/aromatic N) is 3. The van der Waals surface area contributed by atoms with Crippen LogP contribution in [0.3, 0.4) is 0 Å². The van der Waals surface area contributed by atoms with Crippen LogP contribution >= 0.6 is 0 Å². The summed E-state index contributed by atoms with van der Waals surface area (Å²) in [7, 11) is 3.13. The Bertz CT molecular complexity index is 872. The molecule has 0 bridgehead atoms. The number of methoxy groups -OCH3 is 1. The molecule has 2 atom stereocenters. The van der Waals surface area contributed by atoms with Gasteiger partial charge in [0.25, 0.3) is 0 Å². The molecule has 154 valence electrons. The number of likely N-dealkylation sites (tertiary alicyclic amines) is 1. The Morgan fingerprint density at radius 3 is 2.76 bits per heavy atom. The van der Waals surface area contributed by atoms with Crippen LogP contribution in [0.25, 0.3) is 0 Å². The maximum atomic E-state index is 13.0. The molecule has 2 heterocycles. The smallest absolute Gasteiger partial charge is 0.310 e. The molecule has 0 saturated carbocycles. The highest BCUT2D eigenvalue weighted by Gasteiger charge is 2.36. The number of hydrogen-bond acceptors (Lipinski definition) is 5. The van der Waals surface area contributed by atoms with E-state index in [0.29, 0.717) is 24.7 Å². The molecule has 29 heavy (non-hydrogen) atoms. The number of aromatic nitrogens is 1. The molecule has 2 unspecified atom stereocenters. The molecule has 7 nitrogen and oxygen atoms in total. The second-order valence-corrected chi connectivity index (χ2v) is 6.97. The second kappa shape index (κ2) is 9.36. The van der Waals surface area contributed by atoms with Crippen LogP contribution in [0.2, 0.25) is 0 Å². The Labute approximate surface area is 169 Å². The normalized spacial score (nSPS) is 19.2. The fourth-order valence-electron chi connectivity index (χ4n) is 3.35. The van der Waals surface area contributed by atoms with E-state index < -0.39 is 0 Å². The molecule has 1 aliphatic heterocycles. The van der Waals surface area contributed by atoms with Crippen LogP contribution < -0.4 is 10.1 Å². The van der Waals surface area contributed by atoms with Crippen LogP contribution in [0.15, 0.2) is 47.6 Å². The molecule has 1 saturated heterocycles. The minimum atomic E-state index is -0.319. The molecule has 0 spiro atoms. The van der Waals surface area contributed by atoms with Gasteiger partial charge < -0.3 is 19.7 Å². The van der Waals surface area contributed by atoms with Gasteiger partial charge in [-0.15, -0.1) is 0 Å². The van der Waals surface area contributed by atoms with Crippen molar-refractivity contribution < 1.29 is 18.7 Å². The number of benzene rings is 1. The molecule has 3 rings (SSSR count). The van der Waals surface area contributed by atoms with Crippen molar-refractivity contribution in [2.75, 3.05) is 27.2 Å². The second-order valence-electron chi connectivity index (χ2n) is 6.97. The summed E-state index contributed by atoms with van der Waals surface area (Å²) in [5, 5.41) is 3.32. The van der Waals surface area contributed by atoms with E-state index in [9.17, 15) is 9.18 Å². The summed E-state index contributed by atoms with van der Waals surface area (Å²) in [6.07, 6.45) is 1.66. The van der Waals surface area contributed by atoms with Crippen LogP contribution in [-0.2, 0) is 16.1 Å². The van der Waals surface area contributed by atoms with Crippen LogP contribution in [-0.4, -0.2) is 49.1 Å². The van der Waals surface area contributed by atoms with Gasteiger partial charge in [0.2, 0.25) is 5.88 Å². The average molecular weight is 400 g/mol. The number of esters is 1. The predicted molar refractivity (Wildman–Crippen MR) is 107 cm³/mol. The molecule has 1 aromatic carbocycles. The molecule has 1 fully saturated rings. The van der Waals surface area contributed by atoms with Crippen molar-refractivity contribution in [3.8, 4) is 11.6 Å². The standard InChI is InChI=1S/C21H25FN4O3/c1-14-12-26(13-18(14)20(27)28-3)21(23-2)25-11-15-8-9-24-19(10-15)29-17-6-4-16(22)5-7-17/h4-10,14,18H,11-13H2,1-3H3,(H,23,25). The van der Waals surface area contributed by atoms with Gasteiger partial charge in [-0.2, -0.15) is 0 Å². The highest BCUT2D eigenvalue weighted by Crippen LogP contribution is 2.24. The molecule has 8 heteroatoms. The molecule has 2 aromatic rings. The molecular formula is C21H25FN4O3. The highest BCUT2D eigenvalue weighted by atomic mass is 19.1. The first-order valence-electron chi connectivity index (χ1n) is 9.42. The van der Waals surface area contributed by atoms with E-state index in [2.05, 4.69) is 20.2 Å². The first-order chi connectivity index (χ1) is 14.0. The van der Waals surface area contributed by atoms with Gasteiger partial charge >= 0.3 is 5.97 Å². The highest BCUT2D eigenvalue weighted by molar-refractivity contribution is 5.82. The zero-order valence-corrected chi connectivity index (χ0v) is 16.8. The van der Waals surface area contributed by atoms with Gasteiger partial charge in [0.1, 0.15) is 11.6 Å². The molecule has 1 aromatic heterocycles. The molecule has 0 amide bonds. The van der Waals surface area contributed by atoms with Gasteiger partial charge in [0.05, 0.1) is 13.0 Å². The van der Waals surface area contributed by atoms with Crippen molar-refractivity contribution in [2.45, 2.75) is 13.5 Å². The Hall–Kier alpha value is -3.16. The number of pyridine rings is 1. The summed E-state index contributed by atoms with van der Waals surface area (Å²) in [5.41, 5.74) is 0.954. The lowest BCUT2D eigenvalue weighted by molar-refractivity contribution is -0.145. The summed E-state index contributed by atoms with van der Waals surface area (Å²) in [5.74, 6) is 1.19. The largest absolute Gasteiger partial charge is 0.469 e. The zero-order chi connectivity index (χ0) is 20.8. The Kier molecular flexibility index (Phi) is 6.64. The number of aliphatic imine (C=N–C) groups is 1. The Morgan fingerprint density at radius 1 is 1.31 bits per heavy atom. The number of carbonyl (C=O) groups excluding carboxylic acids is 1. The zero-order valence-electron chi connectivity index (χ0n) is 16.8. The Balaban J connectivity index is 1.60. The third-order valence-corrected chi connectivity index (χ3v) is 4.91. The van der Waals surface area contributed by atoms with Crippen molar-refractivity contribution in [1.82, 2.24) is 15.2 Å². The van der Waals surface area contributed by atoms with Gasteiger partial charge in [0.15, 0.2) is 5.96 Å². The van der Waals surface area contributed by atoms with Crippen molar-refractivity contribution >= 4 is 11.9 Å². The van der Waals surface area contributed by atoms with Crippen molar-refractivity contribution in [2.24, 2.45) is 16.8 Å². The fraction of sp³-hybridized carbons (Fsp3) is 0.381. The maximum Gasteiger partial charge on any atom is 0.310 e. The summed E-state index contributed by atoms with van der Waals surface area (Å²) < 4.78 is 23.6. The maximum absolute atomic E-state index is 13.0. The fourth-order valence-corrected chi connectivity index (χ4v) is 3.35. The van der Waals surface area contributed by atoms with Gasteiger partial charge in [-0.3, -0.25) is 9.79 Å². The van der Waals surface area contributed by atoms with Gasteiger partial charge in [-0.1, -0.05) is 6.92 Å². The predicted octanol–water partition coefficient (Wildman–Crippen LogP) is 2.83. The monoisotopic (exact) mass is 400 g/mol. The molecular weight excluding hydrogens is 375 g/mol. The molecule has 1 N–H and O–H groups in total. The van der Waals surface area contributed by atoms with Crippen LogP contribution in [0.5, 0.6) is 11.6 Å². The summed E-state index contributed by atoms with van der Waals surface area (Å²) in [6, 6.07) is 9.47. The molecule has 1 aliphatic rings. The van der Waals surface area contributed by atoms with E-state index >= 15 is 0 Å². The first kappa shape index (κ1) is 20.6. The van der Waals surface area contributed by atoms with E-state index in [0.717, 1.165) is 18.1 Å². The van der Waals surface area contributed by atoms with E-state index in [4.69, 9.17) is 9.47 Å². The lowest BCUT2D eigenvalue weighted by Crippen LogP contribution is -2.40.